The maximum atomic E-state index is 12.2. The summed E-state index contributed by atoms with van der Waals surface area (Å²) in [6.45, 7) is 2.38. The highest BCUT2D eigenvalue weighted by Crippen LogP contribution is 2.43. The van der Waals surface area contributed by atoms with Gasteiger partial charge in [0.25, 0.3) is 0 Å². The van der Waals surface area contributed by atoms with E-state index < -0.39 is 57.6 Å². The molecule has 3 unspecified atom stereocenters. The van der Waals surface area contributed by atoms with Crippen LogP contribution in [0, 0.1) is 0 Å². The molecule has 4 N–H and O–H groups in total. The predicted octanol–water partition coefficient (Wildman–Crippen LogP) is 8.78. The molecule has 1 amide bonds. The predicted molar refractivity (Wildman–Crippen MR) is 190 cm³/mol. The molecule has 0 fully saturated rings. The topological polar surface area (TPSA) is 169 Å². The van der Waals surface area contributed by atoms with Crippen LogP contribution in [-0.2, 0) is 32.7 Å². The molecule has 0 spiro atoms. The minimum Gasteiger partial charge on any atom is -0.480 e. The molecule has 11 nitrogen and oxygen atoms in total. The summed E-state index contributed by atoms with van der Waals surface area (Å²) in [5.74, 6) is -2.39. The van der Waals surface area contributed by atoms with E-state index in [1.54, 1.807) is 0 Å². The lowest BCUT2D eigenvalue weighted by Crippen LogP contribution is -2.43. The average molecular weight is 708 g/mol. The summed E-state index contributed by atoms with van der Waals surface area (Å²) < 4.78 is 26.4. The molecule has 0 bridgehead atoms. The lowest BCUT2D eigenvalue weighted by Gasteiger charge is -2.18. The molecular formula is C36H70NO10P. The first-order valence-corrected chi connectivity index (χ1v) is 20.6. The average Bonchev–Trinajstić information content (AvgIpc) is 3.05. The number of phosphoric ester groups is 1. The number of hydrogen-bond donors (Lipinski definition) is 4. The number of unbranched alkanes of at least 4 members (excludes halogenated alkanes) is 22. The molecule has 0 saturated heterocycles. The molecule has 0 heterocycles. The number of hydrogen-bond acceptors (Lipinski definition) is 8. The Bertz CT molecular complexity index is 844. The molecule has 0 aliphatic carbocycles. The molecule has 3 atom stereocenters. The van der Waals surface area contributed by atoms with Gasteiger partial charge in [-0.25, -0.2) is 9.36 Å². The van der Waals surface area contributed by atoms with Gasteiger partial charge < -0.3 is 25.2 Å². The van der Waals surface area contributed by atoms with Gasteiger partial charge in [-0.2, -0.15) is 0 Å². The van der Waals surface area contributed by atoms with Crippen LogP contribution >= 0.6 is 7.82 Å². The summed E-state index contributed by atoms with van der Waals surface area (Å²) in [4.78, 5) is 45.2. The first kappa shape index (κ1) is 46.5. The van der Waals surface area contributed by atoms with Gasteiger partial charge in [0.1, 0.15) is 12.7 Å². The van der Waals surface area contributed by atoms with Crippen molar-refractivity contribution in [1.82, 2.24) is 5.32 Å². The summed E-state index contributed by atoms with van der Waals surface area (Å²) in [7, 11) is -4.73. The fourth-order valence-corrected chi connectivity index (χ4v) is 6.15. The number of phosphoric acid groups is 1. The highest BCUT2D eigenvalue weighted by atomic mass is 31.2. The van der Waals surface area contributed by atoms with E-state index in [1.165, 1.54) is 109 Å². The van der Waals surface area contributed by atoms with Gasteiger partial charge in [-0.1, -0.05) is 155 Å². The van der Waals surface area contributed by atoms with E-state index in [2.05, 4.69) is 16.8 Å². The number of ether oxygens (including phenoxy) is 1. The van der Waals surface area contributed by atoms with E-state index in [0.717, 1.165) is 32.1 Å². The molecule has 0 radical (unpaired) electrons. The van der Waals surface area contributed by atoms with Crippen molar-refractivity contribution >= 4 is 25.7 Å². The van der Waals surface area contributed by atoms with E-state index in [9.17, 15) is 34.1 Å². The number of amides is 1. The number of aliphatic carboxylic acids is 1. The van der Waals surface area contributed by atoms with Gasteiger partial charge >= 0.3 is 19.8 Å². The fraction of sp³-hybridized carbons (Fsp3) is 0.917. The number of rotatable bonds is 36. The third-order valence-corrected chi connectivity index (χ3v) is 9.35. The molecule has 0 aromatic rings. The highest BCUT2D eigenvalue weighted by Gasteiger charge is 2.28. The summed E-state index contributed by atoms with van der Waals surface area (Å²) in [5.41, 5.74) is 0. The third kappa shape index (κ3) is 31.7. The van der Waals surface area contributed by atoms with Gasteiger partial charge in [0.15, 0.2) is 6.04 Å². The zero-order chi connectivity index (χ0) is 35.7. The van der Waals surface area contributed by atoms with Crippen LogP contribution in [0.3, 0.4) is 0 Å². The Morgan fingerprint density at radius 2 is 0.958 bits per heavy atom. The van der Waals surface area contributed by atoms with Crippen LogP contribution in [0.15, 0.2) is 0 Å². The molecule has 284 valence electrons. The Morgan fingerprint density at radius 1 is 0.583 bits per heavy atom. The van der Waals surface area contributed by atoms with Gasteiger partial charge in [-0.05, 0) is 12.8 Å². The maximum Gasteiger partial charge on any atom is 0.472 e. The van der Waals surface area contributed by atoms with Crippen LogP contribution in [0.1, 0.15) is 181 Å². The third-order valence-electron chi connectivity index (χ3n) is 8.40. The van der Waals surface area contributed by atoms with Crippen molar-refractivity contribution in [2.45, 2.75) is 193 Å². The van der Waals surface area contributed by atoms with E-state index in [-0.39, 0.29) is 12.8 Å². The van der Waals surface area contributed by atoms with E-state index in [0.29, 0.717) is 12.8 Å². The van der Waals surface area contributed by atoms with Crippen molar-refractivity contribution in [3.8, 4) is 0 Å². The van der Waals surface area contributed by atoms with Crippen molar-refractivity contribution in [1.29, 1.82) is 0 Å². The van der Waals surface area contributed by atoms with Crippen molar-refractivity contribution in [3.63, 3.8) is 0 Å². The van der Waals surface area contributed by atoms with Crippen molar-refractivity contribution in [2.24, 2.45) is 0 Å². The number of carbonyl (C=O) groups excluding carboxylic acids is 2. The van der Waals surface area contributed by atoms with Gasteiger partial charge in [0.2, 0.25) is 5.91 Å². The number of carboxylic acid groups (broad SMARTS) is 1. The Labute approximate surface area is 291 Å². The Hall–Kier alpha value is -1.52. The van der Waals surface area contributed by atoms with E-state index in [4.69, 9.17) is 9.26 Å². The molecular weight excluding hydrogens is 637 g/mol. The summed E-state index contributed by atoms with van der Waals surface area (Å²) in [6, 6.07) is -1.54. The molecule has 48 heavy (non-hydrogen) atoms. The summed E-state index contributed by atoms with van der Waals surface area (Å²) in [6.07, 6.45) is 28.1. The normalized spacial score (nSPS) is 13.9. The van der Waals surface area contributed by atoms with Gasteiger partial charge in [-0.3, -0.25) is 18.6 Å². The fourth-order valence-electron chi connectivity index (χ4n) is 5.37. The number of carbonyl (C=O) groups is 3. The lowest BCUT2D eigenvalue weighted by molar-refractivity contribution is -0.147. The zero-order valence-electron chi connectivity index (χ0n) is 30.3. The monoisotopic (exact) mass is 707 g/mol. The minimum absolute atomic E-state index is 0.152. The minimum atomic E-state index is -4.73. The van der Waals surface area contributed by atoms with Crippen LogP contribution in [0.25, 0.3) is 0 Å². The number of aliphatic hydroxyl groups is 1. The largest absolute Gasteiger partial charge is 0.480 e. The van der Waals surface area contributed by atoms with Crippen LogP contribution in [0.2, 0.25) is 0 Å². The van der Waals surface area contributed by atoms with Crippen molar-refractivity contribution in [2.75, 3.05) is 19.8 Å². The first-order chi connectivity index (χ1) is 23.1. The number of aliphatic hydroxyl groups excluding tert-OH is 1. The second-order valence-electron chi connectivity index (χ2n) is 13.1. The quantitative estimate of drug-likeness (QED) is 0.0281. The van der Waals surface area contributed by atoms with Crippen molar-refractivity contribution < 1.29 is 47.8 Å². The first-order valence-electron chi connectivity index (χ1n) is 19.1. The van der Waals surface area contributed by atoms with Gasteiger partial charge in [0, 0.05) is 12.8 Å². The molecule has 0 saturated carbocycles. The van der Waals surface area contributed by atoms with E-state index >= 15 is 0 Å². The molecule has 12 heteroatoms. The highest BCUT2D eigenvalue weighted by molar-refractivity contribution is 7.47. The Balaban J connectivity index is 3.79. The maximum absolute atomic E-state index is 12.2. The van der Waals surface area contributed by atoms with Crippen molar-refractivity contribution in [3.05, 3.63) is 0 Å². The second-order valence-corrected chi connectivity index (χ2v) is 14.6. The summed E-state index contributed by atoms with van der Waals surface area (Å²) >= 11 is 0. The van der Waals surface area contributed by atoms with Crippen LogP contribution in [-0.4, -0.2) is 64.9 Å². The molecule has 0 aliphatic heterocycles. The SMILES string of the molecule is CCCCCCCCCCCCCCCCCCCCCCCC(=O)NC(COP(=O)(O)OCC(O)COC(=O)CCCCC)C(=O)O. The Kier molecular flexibility index (Phi) is 31.6. The van der Waals surface area contributed by atoms with Gasteiger partial charge in [0.05, 0.1) is 13.2 Å². The lowest BCUT2D eigenvalue weighted by atomic mass is 10.0. The molecule has 0 aromatic heterocycles. The smallest absolute Gasteiger partial charge is 0.472 e. The number of esters is 1. The number of carboxylic acids is 1. The Morgan fingerprint density at radius 3 is 1.40 bits per heavy atom. The molecule has 0 aromatic carbocycles. The number of nitrogens with one attached hydrogen (secondary N) is 1. The van der Waals surface area contributed by atoms with E-state index in [1.807, 2.05) is 6.92 Å². The van der Waals surface area contributed by atoms with Gasteiger partial charge in [-0.15, -0.1) is 0 Å². The molecule has 0 rings (SSSR count). The second kappa shape index (κ2) is 32.7. The standard InChI is InChI=1S/C36H70NO10P/c1-3-5-7-8-9-10-11-12-13-14-15-16-17-18-19-20-21-22-23-24-26-27-34(39)37-33(36(41)42)31-47-48(43,44)46-30-32(38)29-45-35(40)28-25-6-4-2/h32-33,38H,3-31H2,1-2H3,(H,37,39)(H,41,42)(H,43,44). The van der Waals surface area contributed by atoms with Crippen LogP contribution < -0.4 is 5.32 Å². The van der Waals surface area contributed by atoms with Crippen LogP contribution in [0.4, 0.5) is 0 Å². The summed E-state index contributed by atoms with van der Waals surface area (Å²) in [5, 5.41) is 21.5. The zero-order valence-corrected chi connectivity index (χ0v) is 31.2. The van der Waals surface area contributed by atoms with Crippen LogP contribution in [0.5, 0.6) is 0 Å². The molecule has 0 aliphatic rings.